The summed E-state index contributed by atoms with van der Waals surface area (Å²) in [5, 5.41) is 56.7. The van der Waals surface area contributed by atoms with Crippen molar-refractivity contribution in [3.05, 3.63) is 11.8 Å². The molecule has 2 aliphatic carbocycles. The summed E-state index contributed by atoms with van der Waals surface area (Å²) < 4.78 is 18.3. The smallest absolute Gasteiger partial charge is 0.253 e. The highest BCUT2D eigenvalue weighted by molar-refractivity contribution is 5.89. The molecule has 0 aromatic rings. The fraction of sp³-hybridized carbons (Fsp3) is 0.885. The third kappa shape index (κ3) is 6.01. The standard InChI is InChI=1S/C26H47N7O8/c1-25(37)10-39-23(19(35)22(25)30-2)41-21-15(33-24(36)26(38)6-16(26)29)5-13(28)17(18(21)34)20-14(32-11-8-31-9-11)4-3-12(7-27)40-20/h3,11,13-23,30-32,34-35,37-38H,4-10,27-29H2,1-2H3,(H,33,36). The zero-order chi connectivity index (χ0) is 29.7. The summed E-state index contributed by atoms with van der Waals surface area (Å²) in [6, 6.07) is -2.88. The minimum atomic E-state index is -1.70. The molecule has 234 valence electrons. The van der Waals surface area contributed by atoms with Crippen LogP contribution in [0, 0.1) is 5.92 Å². The molecule has 0 aromatic carbocycles. The largest absolute Gasteiger partial charge is 0.492 e. The number of amides is 1. The van der Waals surface area contributed by atoms with Crippen molar-refractivity contribution in [2.24, 2.45) is 23.1 Å². The monoisotopic (exact) mass is 585 g/mol. The number of nitrogens with one attached hydrogen (secondary N) is 4. The van der Waals surface area contributed by atoms with Gasteiger partial charge in [0.1, 0.15) is 29.7 Å². The highest BCUT2D eigenvalue weighted by Crippen LogP contribution is 2.39. The van der Waals surface area contributed by atoms with Crippen molar-refractivity contribution >= 4 is 5.91 Å². The van der Waals surface area contributed by atoms with Crippen LogP contribution in [0.1, 0.15) is 26.2 Å². The first-order valence-electron chi connectivity index (χ1n) is 14.5. The zero-order valence-corrected chi connectivity index (χ0v) is 23.6. The van der Waals surface area contributed by atoms with E-state index in [-0.39, 0.29) is 38.1 Å². The lowest BCUT2D eigenvalue weighted by Gasteiger charge is -2.51. The Morgan fingerprint density at radius 1 is 1.22 bits per heavy atom. The van der Waals surface area contributed by atoms with Gasteiger partial charge in [0.05, 0.1) is 31.3 Å². The Morgan fingerprint density at radius 2 is 1.93 bits per heavy atom. The second kappa shape index (κ2) is 11.9. The quantitative estimate of drug-likeness (QED) is 0.121. The van der Waals surface area contributed by atoms with Crippen LogP contribution < -0.4 is 38.5 Å². The van der Waals surface area contributed by atoms with Crippen LogP contribution in [0.3, 0.4) is 0 Å². The van der Waals surface area contributed by atoms with Crippen molar-refractivity contribution in [3.63, 3.8) is 0 Å². The van der Waals surface area contributed by atoms with Crippen LogP contribution in [-0.2, 0) is 19.0 Å². The number of aliphatic hydroxyl groups excluding tert-OH is 2. The van der Waals surface area contributed by atoms with Crippen molar-refractivity contribution in [2.75, 3.05) is 33.3 Å². The van der Waals surface area contributed by atoms with E-state index in [0.29, 0.717) is 12.2 Å². The Kier molecular flexibility index (Phi) is 8.99. The molecule has 3 heterocycles. The van der Waals surface area contributed by atoms with E-state index >= 15 is 0 Å². The van der Waals surface area contributed by atoms with Crippen LogP contribution in [0.5, 0.6) is 0 Å². The zero-order valence-electron chi connectivity index (χ0n) is 23.6. The van der Waals surface area contributed by atoms with Gasteiger partial charge in [-0.2, -0.15) is 0 Å². The van der Waals surface area contributed by atoms with Crippen molar-refractivity contribution in [1.29, 1.82) is 0 Å². The molecular weight excluding hydrogens is 538 g/mol. The van der Waals surface area contributed by atoms with Gasteiger partial charge in [-0.25, -0.2) is 0 Å². The summed E-state index contributed by atoms with van der Waals surface area (Å²) in [5.41, 5.74) is 15.3. The summed E-state index contributed by atoms with van der Waals surface area (Å²) >= 11 is 0. The number of rotatable bonds is 9. The first kappa shape index (κ1) is 31.0. The number of hydrogen-bond donors (Lipinski definition) is 11. The van der Waals surface area contributed by atoms with Gasteiger partial charge in [0.15, 0.2) is 11.9 Å². The van der Waals surface area contributed by atoms with Gasteiger partial charge >= 0.3 is 0 Å². The molecule has 13 unspecified atom stereocenters. The third-order valence-corrected chi connectivity index (χ3v) is 9.37. The highest BCUT2D eigenvalue weighted by Gasteiger charge is 2.59. The second-order valence-corrected chi connectivity index (χ2v) is 12.5. The number of nitrogens with two attached hydrogens (primary N) is 3. The van der Waals surface area contributed by atoms with Gasteiger partial charge in [0, 0.05) is 49.6 Å². The summed E-state index contributed by atoms with van der Waals surface area (Å²) in [6.45, 7) is 3.21. The van der Waals surface area contributed by atoms with E-state index < -0.39 is 77.9 Å². The SMILES string of the molecule is CNC1C(O)C(OC2C(NC(=O)C3(O)CC3N)CC(N)C(C3OC(CN)=CCC3NC3CNC3)C2O)OCC1(C)O. The van der Waals surface area contributed by atoms with Crippen molar-refractivity contribution in [1.82, 2.24) is 21.3 Å². The van der Waals surface area contributed by atoms with Crippen molar-refractivity contribution < 1.29 is 39.4 Å². The molecule has 15 nitrogen and oxygen atoms in total. The van der Waals surface area contributed by atoms with Crippen molar-refractivity contribution in [3.8, 4) is 0 Å². The molecule has 1 amide bonds. The van der Waals surface area contributed by atoms with Gasteiger partial charge in [0.25, 0.3) is 5.91 Å². The topological polar surface area (TPSA) is 252 Å². The van der Waals surface area contributed by atoms with E-state index in [1.807, 2.05) is 6.08 Å². The second-order valence-electron chi connectivity index (χ2n) is 12.5. The molecular formula is C26H47N7O8. The van der Waals surface area contributed by atoms with E-state index in [1.54, 1.807) is 7.05 Å². The van der Waals surface area contributed by atoms with Crippen LogP contribution in [0.4, 0.5) is 0 Å². The van der Waals surface area contributed by atoms with E-state index in [0.717, 1.165) is 13.1 Å². The molecule has 2 saturated carbocycles. The molecule has 14 N–H and O–H groups in total. The van der Waals surface area contributed by atoms with E-state index in [9.17, 15) is 25.2 Å². The first-order chi connectivity index (χ1) is 19.4. The Balaban J connectivity index is 1.40. The van der Waals surface area contributed by atoms with Gasteiger partial charge in [-0.1, -0.05) is 0 Å². The number of aliphatic hydroxyl groups is 4. The fourth-order valence-corrected chi connectivity index (χ4v) is 6.65. The Labute approximate surface area is 239 Å². The average molecular weight is 586 g/mol. The molecule has 5 rings (SSSR count). The number of ether oxygens (including phenoxy) is 3. The first-order valence-corrected chi connectivity index (χ1v) is 14.5. The Bertz CT molecular complexity index is 985. The van der Waals surface area contributed by atoms with Crippen LogP contribution >= 0.6 is 0 Å². The van der Waals surface area contributed by atoms with Gasteiger partial charge < -0.3 is 73.1 Å². The minimum Gasteiger partial charge on any atom is -0.492 e. The summed E-state index contributed by atoms with van der Waals surface area (Å²) in [6.07, 6.45) is -2.62. The molecule has 0 radical (unpaired) electrons. The fourth-order valence-electron chi connectivity index (χ4n) is 6.65. The maximum atomic E-state index is 13.0. The molecule has 41 heavy (non-hydrogen) atoms. The third-order valence-electron chi connectivity index (χ3n) is 9.37. The molecule has 4 fully saturated rings. The molecule has 2 saturated heterocycles. The normalized spacial score (nSPS) is 48.5. The Hall–Kier alpha value is -1.47. The summed E-state index contributed by atoms with van der Waals surface area (Å²) in [7, 11) is 1.60. The van der Waals surface area contributed by atoms with Crippen LogP contribution in [0.25, 0.3) is 0 Å². The van der Waals surface area contributed by atoms with Crippen LogP contribution in [0.2, 0.25) is 0 Å². The molecule has 0 aromatic heterocycles. The molecule has 15 heteroatoms. The number of carbonyl (C=O) groups is 1. The Morgan fingerprint density at radius 3 is 2.51 bits per heavy atom. The van der Waals surface area contributed by atoms with E-state index in [2.05, 4.69) is 21.3 Å². The molecule has 0 spiro atoms. The molecule has 0 bridgehead atoms. The predicted octanol–water partition coefficient (Wildman–Crippen LogP) is -5.36. The summed E-state index contributed by atoms with van der Waals surface area (Å²) in [5.74, 6) is -0.729. The average Bonchev–Trinajstić information content (AvgIpc) is 3.52. The van der Waals surface area contributed by atoms with E-state index in [4.69, 9.17) is 31.4 Å². The molecule has 13 atom stereocenters. The van der Waals surface area contributed by atoms with Gasteiger partial charge in [-0.05, 0) is 32.9 Å². The lowest BCUT2D eigenvalue weighted by molar-refractivity contribution is -0.297. The van der Waals surface area contributed by atoms with Gasteiger partial charge in [-0.3, -0.25) is 4.79 Å². The van der Waals surface area contributed by atoms with Gasteiger partial charge in [0.2, 0.25) is 0 Å². The van der Waals surface area contributed by atoms with Crippen molar-refractivity contribution in [2.45, 2.75) is 104 Å². The predicted molar refractivity (Wildman–Crippen MR) is 146 cm³/mol. The summed E-state index contributed by atoms with van der Waals surface area (Å²) in [4.78, 5) is 13.0. The van der Waals surface area contributed by atoms with Crippen LogP contribution in [-0.4, -0.2) is 138 Å². The lowest BCUT2D eigenvalue weighted by atomic mass is 9.72. The maximum Gasteiger partial charge on any atom is 0.253 e. The number of hydrogen-bond acceptors (Lipinski definition) is 14. The number of likely N-dealkylation sites (N-methyl/N-ethyl adjacent to an activating group) is 1. The van der Waals surface area contributed by atoms with Gasteiger partial charge in [-0.15, -0.1) is 0 Å². The molecule has 5 aliphatic rings. The van der Waals surface area contributed by atoms with E-state index in [1.165, 1.54) is 6.92 Å². The molecule has 3 aliphatic heterocycles. The number of carbonyl (C=O) groups excluding carboxylic acids is 1. The highest BCUT2D eigenvalue weighted by atomic mass is 16.7. The maximum absolute atomic E-state index is 13.0. The minimum absolute atomic E-state index is 0.116. The lowest BCUT2D eigenvalue weighted by Crippen LogP contribution is -2.70. The van der Waals surface area contributed by atoms with Crippen LogP contribution in [0.15, 0.2) is 11.8 Å².